The number of tetrazole rings is 1. The highest BCUT2D eigenvalue weighted by atomic mass is 15.5. The molecule has 5 heteroatoms. The average Bonchev–Trinajstić information content (AvgIpc) is 2.61. The number of unbranched alkanes of at least 4 members (excludes halogenated alkanes) is 3. The van der Waals surface area contributed by atoms with Gasteiger partial charge in [-0.25, -0.2) is 4.68 Å². The van der Waals surface area contributed by atoms with Crippen LogP contribution in [0, 0.1) is 0 Å². The van der Waals surface area contributed by atoms with Crippen molar-refractivity contribution in [3.05, 3.63) is 5.82 Å². The van der Waals surface area contributed by atoms with Crippen molar-refractivity contribution in [1.29, 1.82) is 0 Å². The molecule has 0 saturated heterocycles. The molecular weight excluding hydrogens is 178 g/mol. The fourth-order valence-corrected chi connectivity index (χ4v) is 1.37. The molecule has 1 aromatic heterocycles. The van der Waals surface area contributed by atoms with E-state index in [-0.39, 0.29) is 0 Å². The number of aromatic nitrogens is 4. The standard InChI is InChI=1S/C9H19N5/c1-3-4-5-6-7-14-9(8-10-2)11-12-13-14/h10H,3-8H2,1-2H3. The number of aryl methyl sites for hydroxylation is 1. The first kappa shape index (κ1) is 11.1. The number of hydrogen-bond donors (Lipinski definition) is 1. The van der Waals surface area contributed by atoms with Gasteiger partial charge in [0.25, 0.3) is 0 Å². The van der Waals surface area contributed by atoms with E-state index in [9.17, 15) is 0 Å². The Labute approximate surface area is 84.9 Å². The van der Waals surface area contributed by atoms with Crippen molar-refractivity contribution in [3.8, 4) is 0 Å². The zero-order valence-corrected chi connectivity index (χ0v) is 9.03. The predicted octanol–water partition coefficient (Wildman–Crippen LogP) is 0.973. The summed E-state index contributed by atoms with van der Waals surface area (Å²) in [6, 6.07) is 0. The molecule has 0 radical (unpaired) electrons. The van der Waals surface area contributed by atoms with Crippen molar-refractivity contribution in [2.45, 2.75) is 45.7 Å². The van der Waals surface area contributed by atoms with Gasteiger partial charge in [0.1, 0.15) is 0 Å². The Morgan fingerprint density at radius 3 is 2.86 bits per heavy atom. The van der Waals surface area contributed by atoms with Crippen LogP contribution in [0.1, 0.15) is 38.4 Å². The Morgan fingerprint density at radius 2 is 2.14 bits per heavy atom. The molecule has 1 aromatic rings. The Balaban J connectivity index is 2.30. The Kier molecular flexibility index (Phi) is 5.14. The first-order valence-corrected chi connectivity index (χ1v) is 5.28. The highest BCUT2D eigenvalue weighted by Crippen LogP contribution is 2.01. The summed E-state index contributed by atoms with van der Waals surface area (Å²) in [6.45, 7) is 3.88. The van der Waals surface area contributed by atoms with Crippen LogP contribution in [0.25, 0.3) is 0 Å². The van der Waals surface area contributed by atoms with Gasteiger partial charge in [-0.2, -0.15) is 0 Å². The minimum Gasteiger partial charge on any atom is -0.313 e. The second kappa shape index (κ2) is 6.48. The predicted molar refractivity (Wildman–Crippen MR) is 54.7 cm³/mol. The maximum atomic E-state index is 3.95. The third-order valence-corrected chi connectivity index (χ3v) is 2.16. The lowest BCUT2D eigenvalue weighted by Gasteiger charge is -2.03. The molecule has 1 heterocycles. The van der Waals surface area contributed by atoms with Gasteiger partial charge < -0.3 is 5.32 Å². The molecule has 5 nitrogen and oxygen atoms in total. The first-order chi connectivity index (χ1) is 6.88. The summed E-state index contributed by atoms with van der Waals surface area (Å²) >= 11 is 0. The molecule has 0 aliphatic carbocycles. The highest BCUT2D eigenvalue weighted by molar-refractivity contribution is 4.78. The van der Waals surface area contributed by atoms with Crippen LogP contribution in [0.15, 0.2) is 0 Å². The molecule has 1 rings (SSSR count). The zero-order chi connectivity index (χ0) is 10.2. The second-order valence-electron chi connectivity index (χ2n) is 3.41. The Bertz CT molecular complexity index is 245. The van der Waals surface area contributed by atoms with E-state index in [1.807, 2.05) is 11.7 Å². The average molecular weight is 197 g/mol. The number of nitrogens with one attached hydrogen (secondary N) is 1. The van der Waals surface area contributed by atoms with Gasteiger partial charge in [-0.15, -0.1) is 5.10 Å². The van der Waals surface area contributed by atoms with Crippen LogP contribution >= 0.6 is 0 Å². The van der Waals surface area contributed by atoms with Crippen molar-refractivity contribution >= 4 is 0 Å². The van der Waals surface area contributed by atoms with Crippen LogP contribution in [-0.2, 0) is 13.1 Å². The van der Waals surface area contributed by atoms with Crippen LogP contribution in [0.5, 0.6) is 0 Å². The van der Waals surface area contributed by atoms with Crippen molar-refractivity contribution in [2.75, 3.05) is 7.05 Å². The minimum absolute atomic E-state index is 0.737. The molecule has 0 amide bonds. The second-order valence-corrected chi connectivity index (χ2v) is 3.41. The van der Waals surface area contributed by atoms with E-state index in [4.69, 9.17) is 0 Å². The molecule has 0 unspecified atom stereocenters. The number of hydrogen-bond acceptors (Lipinski definition) is 4. The molecule has 14 heavy (non-hydrogen) atoms. The quantitative estimate of drug-likeness (QED) is 0.662. The minimum atomic E-state index is 0.737. The Hall–Kier alpha value is -0.970. The summed E-state index contributed by atoms with van der Waals surface area (Å²) < 4.78 is 1.88. The fourth-order valence-electron chi connectivity index (χ4n) is 1.37. The summed E-state index contributed by atoms with van der Waals surface area (Å²) in [5, 5.41) is 14.6. The van der Waals surface area contributed by atoms with E-state index in [1.54, 1.807) is 0 Å². The summed E-state index contributed by atoms with van der Waals surface area (Å²) in [5.41, 5.74) is 0. The van der Waals surface area contributed by atoms with Gasteiger partial charge in [-0.05, 0) is 23.9 Å². The lowest BCUT2D eigenvalue weighted by atomic mass is 10.2. The summed E-state index contributed by atoms with van der Waals surface area (Å²) in [6.07, 6.45) is 4.98. The molecule has 0 aromatic carbocycles. The van der Waals surface area contributed by atoms with Gasteiger partial charge in [0.05, 0.1) is 6.54 Å². The molecule has 0 aliphatic rings. The number of nitrogens with zero attached hydrogens (tertiary/aromatic N) is 4. The van der Waals surface area contributed by atoms with Gasteiger partial charge in [0.2, 0.25) is 0 Å². The monoisotopic (exact) mass is 197 g/mol. The van der Waals surface area contributed by atoms with E-state index in [1.165, 1.54) is 19.3 Å². The van der Waals surface area contributed by atoms with Crippen LogP contribution in [0.3, 0.4) is 0 Å². The van der Waals surface area contributed by atoms with Crippen LogP contribution in [-0.4, -0.2) is 27.3 Å². The van der Waals surface area contributed by atoms with Crippen LogP contribution < -0.4 is 5.32 Å². The van der Waals surface area contributed by atoms with Gasteiger partial charge in [-0.3, -0.25) is 0 Å². The van der Waals surface area contributed by atoms with Gasteiger partial charge in [0.15, 0.2) is 5.82 Å². The van der Waals surface area contributed by atoms with E-state index in [0.29, 0.717) is 0 Å². The molecule has 0 bridgehead atoms. The fraction of sp³-hybridized carbons (Fsp3) is 0.889. The van der Waals surface area contributed by atoms with Gasteiger partial charge in [-0.1, -0.05) is 26.2 Å². The molecule has 1 N–H and O–H groups in total. The summed E-state index contributed by atoms with van der Waals surface area (Å²) in [4.78, 5) is 0. The van der Waals surface area contributed by atoms with Crippen molar-refractivity contribution < 1.29 is 0 Å². The molecule has 80 valence electrons. The van der Waals surface area contributed by atoms with Gasteiger partial charge >= 0.3 is 0 Å². The summed E-state index contributed by atoms with van der Waals surface area (Å²) in [7, 11) is 1.90. The SMILES string of the molecule is CCCCCCn1nnnc1CNC. The summed E-state index contributed by atoms with van der Waals surface area (Å²) in [5.74, 6) is 0.920. The molecular formula is C9H19N5. The zero-order valence-electron chi connectivity index (χ0n) is 9.03. The van der Waals surface area contributed by atoms with Gasteiger partial charge in [0, 0.05) is 6.54 Å². The van der Waals surface area contributed by atoms with E-state index >= 15 is 0 Å². The van der Waals surface area contributed by atoms with Crippen LogP contribution in [0.4, 0.5) is 0 Å². The smallest absolute Gasteiger partial charge is 0.165 e. The largest absolute Gasteiger partial charge is 0.313 e. The maximum Gasteiger partial charge on any atom is 0.165 e. The van der Waals surface area contributed by atoms with E-state index < -0.39 is 0 Å². The van der Waals surface area contributed by atoms with Crippen molar-refractivity contribution in [1.82, 2.24) is 25.5 Å². The first-order valence-electron chi connectivity index (χ1n) is 5.28. The lowest BCUT2D eigenvalue weighted by Crippen LogP contribution is -2.13. The molecule has 0 saturated carbocycles. The topological polar surface area (TPSA) is 55.6 Å². The normalized spacial score (nSPS) is 10.7. The molecule has 0 atom stereocenters. The van der Waals surface area contributed by atoms with E-state index in [2.05, 4.69) is 27.8 Å². The van der Waals surface area contributed by atoms with Crippen LogP contribution in [0.2, 0.25) is 0 Å². The van der Waals surface area contributed by atoms with Crippen molar-refractivity contribution in [3.63, 3.8) is 0 Å². The molecule has 0 spiro atoms. The maximum absolute atomic E-state index is 3.95. The molecule has 0 fully saturated rings. The Morgan fingerprint density at radius 1 is 1.29 bits per heavy atom. The third-order valence-electron chi connectivity index (χ3n) is 2.16. The highest BCUT2D eigenvalue weighted by Gasteiger charge is 2.03. The third kappa shape index (κ3) is 3.41. The van der Waals surface area contributed by atoms with Crippen molar-refractivity contribution in [2.24, 2.45) is 0 Å². The molecule has 0 aliphatic heterocycles. The van der Waals surface area contributed by atoms with E-state index in [0.717, 1.165) is 25.3 Å². The lowest BCUT2D eigenvalue weighted by molar-refractivity contribution is 0.506. The number of rotatable bonds is 7.